The van der Waals surface area contributed by atoms with Crippen LogP contribution in [0.25, 0.3) is 0 Å². The number of rotatable bonds is 10. The van der Waals surface area contributed by atoms with Crippen LogP contribution < -0.4 is 15.4 Å². The summed E-state index contributed by atoms with van der Waals surface area (Å²) in [5, 5.41) is 6.56. The first-order valence-electron chi connectivity index (χ1n) is 9.72. The molecule has 0 radical (unpaired) electrons. The topological polar surface area (TPSA) is 66.0 Å². The SMILES string of the molecule is CN=C(NCCCSc1ccc(F)cc1)NCc1cccc(OCC(=O)N(C)C)c1. The lowest BCUT2D eigenvalue weighted by Crippen LogP contribution is -2.37. The van der Waals surface area contributed by atoms with Crippen LogP contribution in [0.2, 0.25) is 0 Å². The van der Waals surface area contributed by atoms with Crippen molar-refractivity contribution in [3.05, 3.63) is 59.9 Å². The molecule has 2 rings (SSSR count). The van der Waals surface area contributed by atoms with Crippen molar-refractivity contribution in [3.8, 4) is 5.75 Å². The number of likely N-dealkylation sites (N-methyl/N-ethyl adjacent to an activating group) is 1. The molecule has 0 aliphatic rings. The van der Waals surface area contributed by atoms with Crippen molar-refractivity contribution in [2.75, 3.05) is 40.0 Å². The van der Waals surface area contributed by atoms with Crippen LogP contribution in [0, 0.1) is 5.82 Å². The molecule has 0 aliphatic heterocycles. The Hall–Kier alpha value is -2.74. The van der Waals surface area contributed by atoms with Crippen molar-refractivity contribution in [3.63, 3.8) is 0 Å². The molecule has 1 amide bonds. The van der Waals surface area contributed by atoms with E-state index in [4.69, 9.17) is 4.74 Å². The van der Waals surface area contributed by atoms with E-state index in [1.165, 1.54) is 17.0 Å². The average molecular weight is 433 g/mol. The molecule has 0 unspecified atom stereocenters. The fraction of sp³-hybridized carbons (Fsp3) is 0.364. The van der Waals surface area contributed by atoms with E-state index in [0.29, 0.717) is 12.3 Å². The number of nitrogens with one attached hydrogen (secondary N) is 2. The maximum atomic E-state index is 12.9. The van der Waals surface area contributed by atoms with Crippen molar-refractivity contribution >= 4 is 23.6 Å². The number of ether oxygens (including phenoxy) is 1. The van der Waals surface area contributed by atoms with Crippen LogP contribution in [0.5, 0.6) is 5.75 Å². The summed E-state index contributed by atoms with van der Waals surface area (Å²) in [6.07, 6.45) is 0.950. The molecule has 0 aliphatic carbocycles. The van der Waals surface area contributed by atoms with Crippen molar-refractivity contribution in [2.24, 2.45) is 4.99 Å². The molecule has 0 saturated carbocycles. The van der Waals surface area contributed by atoms with E-state index < -0.39 is 0 Å². The van der Waals surface area contributed by atoms with E-state index >= 15 is 0 Å². The third-order valence-electron chi connectivity index (χ3n) is 4.14. The smallest absolute Gasteiger partial charge is 0.259 e. The molecule has 0 heterocycles. The number of amides is 1. The monoisotopic (exact) mass is 432 g/mol. The second-order valence-corrected chi connectivity index (χ2v) is 7.90. The van der Waals surface area contributed by atoms with Crippen molar-refractivity contribution in [1.29, 1.82) is 0 Å². The van der Waals surface area contributed by atoms with Crippen molar-refractivity contribution in [2.45, 2.75) is 17.9 Å². The van der Waals surface area contributed by atoms with Gasteiger partial charge in [-0.2, -0.15) is 0 Å². The van der Waals surface area contributed by atoms with Crippen LogP contribution >= 0.6 is 11.8 Å². The molecule has 0 atom stereocenters. The van der Waals surface area contributed by atoms with E-state index in [0.717, 1.165) is 35.1 Å². The van der Waals surface area contributed by atoms with Crippen molar-refractivity contribution < 1.29 is 13.9 Å². The Bertz CT molecular complexity index is 828. The van der Waals surface area contributed by atoms with Gasteiger partial charge in [0.25, 0.3) is 5.91 Å². The third-order valence-corrected chi connectivity index (χ3v) is 5.24. The minimum Gasteiger partial charge on any atom is -0.484 e. The van der Waals surface area contributed by atoms with Gasteiger partial charge in [0.15, 0.2) is 12.6 Å². The molecule has 2 aromatic rings. The summed E-state index contributed by atoms with van der Waals surface area (Å²) in [6.45, 7) is 1.38. The van der Waals surface area contributed by atoms with E-state index in [-0.39, 0.29) is 18.3 Å². The van der Waals surface area contributed by atoms with Gasteiger partial charge in [0.2, 0.25) is 0 Å². The normalized spacial score (nSPS) is 11.1. The van der Waals surface area contributed by atoms with Gasteiger partial charge in [-0.1, -0.05) is 12.1 Å². The molecule has 0 aromatic heterocycles. The fourth-order valence-corrected chi connectivity index (χ4v) is 3.28. The summed E-state index contributed by atoms with van der Waals surface area (Å²) in [5.74, 6) is 2.01. The highest BCUT2D eigenvalue weighted by atomic mass is 32.2. The van der Waals surface area contributed by atoms with Gasteiger partial charge in [-0.05, 0) is 54.1 Å². The van der Waals surface area contributed by atoms with Gasteiger partial charge in [-0.3, -0.25) is 9.79 Å². The van der Waals surface area contributed by atoms with Crippen LogP contribution in [0.15, 0.2) is 58.4 Å². The van der Waals surface area contributed by atoms with Gasteiger partial charge in [0, 0.05) is 39.1 Å². The molecular formula is C22H29FN4O2S. The van der Waals surface area contributed by atoms with Gasteiger partial charge < -0.3 is 20.3 Å². The average Bonchev–Trinajstić information content (AvgIpc) is 2.75. The summed E-state index contributed by atoms with van der Waals surface area (Å²) in [6, 6.07) is 14.2. The standard InChI is InChI=1S/C22H29FN4O2S/c1-24-22(25-12-5-13-30-20-10-8-18(23)9-11-20)26-15-17-6-4-7-19(14-17)29-16-21(28)27(2)3/h4,6-11,14H,5,12-13,15-16H2,1-3H3,(H2,24,25,26). The molecule has 6 nitrogen and oxygen atoms in total. The second kappa shape index (κ2) is 12.7. The lowest BCUT2D eigenvalue weighted by atomic mass is 10.2. The quantitative estimate of drug-likeness (QED) is 0.261. The number of guanidine groups is 1. The molecule has 30 heavy (non-hydrogen) atoms. The van der Waals surface area contributed by atoms with Gasteiger partial charge in [0.05, 0.1) is 0 Å². The molecule has 0 spiro atoms. The predicted octanol–water partition coefficient (Wildman–Crippen LogP) is 3.14. The summed E-state index contributed by atoms with van der Waals surface area (Å²) in [5.41, 5.74) is 1.03. The van der Waals surface area contributed by atoms with Crippen LogP contribution in [-0.4, -0.2) is 56.8 Å². The Morgan fingerprint density at radius 2 is 1.93 bits per heavy atom. The summed E-state index contributed by atoms with van der Waals surface area (Å²) < 4.78 is 18.5. The third kappa shape index (κ3) is 8.73. The molecule has 0 saturated heterocycles. The zero-order valence-corrected chi connectivity index (χ0v) is 18.5. The first kappa shape index (κ1) is 23.5. The summed E-state index contributed by atoms with van der Waals surface area (Å²) in [4.78, 5) is 18.4. The zero-order chi connectivity index (χ0) is 21.8. The Morgan fingerprint density at radius 1 is 1.17 bits per heavy atom. The molecule has 2 aromatic carbocycles. The number of carbonyl (C=O) groups is 1. The minimum absolute atomic E-state index is 0.0169. The highest BCUT2D eigenvalue weighted by Gasteiger charge is 2.06. The number of carbonyl (C=O) groups excluding carboxylic acids is 1. The number of thioether (sulfide) groups is 1. The lowest BCUT2D eigenvalue weighted by Gasteiger charge is -2.14. The van der Waals surface area contributed by atoms with Gasteiger partial charge in [0.1, 0.15) is 11.6 Å². The van der Waals surface area contributed by atoms with E-state index in [2.05, 4.69) is 15.6 Å². The number of nitrogens with zero attached hydrogens (tertiary/aromatic N) is 2. The van der Waals surface area contributed by atoms with Crippen LogP contribution in [0.1, 0.15) is 12.0 Å². The Balaban J connectivity index is 1.69. The maximum absolute atomic E-state index is 12.9. The molecule has 0 bridgehead atoms. The molecule has 2 N–H and O–H groups in total. The van der Waals surface area contributed by atoms with Gasteiger partial charge in [-0.15, -0.1) is 11.8 Å². The molecular weight excluding hydrogens is 403 g/mol. The Labute approximate surface area is 181 Å². The number of hydrogen-bond acceptors (Lipinski definition) is 4. The molecule has 0 fully saturated rings. The number of hydrogen-bond donors (Lipinski definition) is 2. The number of aliphatic imine (C=N–C) groups is 1. The summed E-state index contributed by atoms with van der Waals surface area (Å²) in [7, 11) is 5.13. The Kier molecular flexibility index (Phi) is 10.00. The fourth-order valence-electron chi connectivity index (χ4n) is 2.43. The first-order valence-corrected chi connectivity index (χ1v) is 10.7. The van der Waals surface area contributed by atoms with E-state index in [9.17, 15) is 9.18 Å². The largest absolute Gasteiger partial charge is 0.484 e. The maximum Gasteiger partial charge on any atom is 0.259 e. The number of benzene rings is 2. The van der Waals surface area contributed by atoms with Crippen LogP contribution in [0.4, 0.5) is 4.39 Å². The van der Waals surface area contributed by atoms with Crippen LogP contribution in [-0.2, 0) is 11.3 Å². The molecule has 162 valence electrons. The van der Waals surface area contributed by atoms with E-state index in [1.54, 1.807) is 45.0 Å². The summed E-state index contributed by atoms with van der Waals surface area (Å²) >= 11 is 1.70. The Morgan fingerprint density at radius 3 is 2.63 bits per heavy atom. The zero-order valence-electron chi connectivity index (χ0n) is 17.7. The minimum atomic E-state index is -0.213. The highest BCUT2D eigenvalue weighted by Crippen LogP contribution is 2.18. The van der Waals surface area contributed by atoms with E-state index in [1.807, 2.05) is 24.3 Å². The van der Waals surface area contributed by atoms with Crippen molar-refractivity contribution in [1.82, 2.24) is 15.5 Å². The van der Waals surface area contributed by atoms with Gasteiger partial charge in [-0.25, -0.2) is 4.39 Å². The van der Waals surface area contributed by atoms with Crippen LogP contribution in [0.3, 0.4) is 0 Å². The highest BCUT2D eigenvalue weighted by molar-refractivity contribution is 7.99. The number of halogens is 1. The second-order valence-electron chi connectivity index (χ2n) is 6.73. The van der Waals surface area contributed by atoms with Gasteiger partial charge >= 0.3 is 0 Å². The molecule has 8 heteroatoms. The first-order chi connectivity index (χ1) is 14.5. The lowest BCUT2D eigenvalue weighted by molar-refractivity contribution is -0.130. The predicted molar refractivity (Wildman–Crippen MR) is 121 cm³/mol.